The van der Waals surface area contributed by atoms with Gasteiger partial charge in [-0.05, 0) is 38.6 Å². The Hall–Kier alpha value is -0.410. The summed E-state index contributed by atoms with van der Waals surface area (Å²) in [4.78, 5) is 5.77. The zero-order valence-electron chi connectivity index (χ0n) is 11.0. The molecule has 92 valence electrons. The Morgan fingerprint density at radius 3 is 2.69 bits per heavy atom. The molecule has 1 aromatic rings. The lowest BCUT2D eigenvalue weighted by Crippen LogP contribution is -2.30. The van der Waals surface area contributed by atoms with Crippen molar-refractivity contribution in [1.29, 1.82) is 0 Å². The lowest BCUT2D eigenvalue weighted by atomic mass is 9.81. The smallest absolute Gasteiger partial charge is 0.0797 e. The summed E-state index contributed by atoms with van der Waals surface area (Å²) in [6, 6.07) is 0. The molecule has 0 bridgehead atoms. The van der Waals surface area contributed by atoms with Gasteiger partial charge >= 0.3 is 0 Å². The summed E-state index contributed by atoms with van der Waals surface area (Å²) >= 11 is 1.79. The molecular weight excluding hydrogens is 216 g/mol. The molecule has 1 unspecified atom stereocenters. The summed E-state index contributed by atoms with van der Waals surface area (Å²) in [5, 5.41) is 3.33. The average molecular weight is 240 g/mol. The van der Waals surface area contributed by atoms with Gasteiger partial charge in [0, 0.05) is 11.4 Å². The minimum Gasteiger partial charge on any atom is -0.319 e. The Morgan fingerprint density at radius 1 is 1.44 bits per heavy atom. The fraction of sp³-hybridized carbons (Fsp3) is 0.769. The van der Waals surface area contributed by atoms with Gasteiger partial charge in [-0.1, -0.05) is 20.3 Å². The van der Waals surface area contributed by atoms with Gasteiger partial charge in [-0.3, -0.25) is 0 Å². The number of nitrogens with zero attached hydrogens (tertiary/aromatic N) is 1. The van der Waals surface area contributed by atoms with Gasteiger partial charge in [-0.2, -0.15) is 0 Å². The molecule has 0 aliphatic rings. The third-order valence-electron chi connectivity index (χ3n) is 3.26. The van der Waals surface area contributed by atoms with Crippen LogP contribution in [0.5, 0.6) is 0 Å². The van der Waals surface area contributed by atoms with Crippen LogP contribution in [-0.4, -0.2) is 18.6 Å². The number of rotatable bonds is 7. The topological polar surface area (TPSA) is 24.9 Å². The Morgan fingerprint density at radius 2 is 2.19 bits per heavy atom. The highest BCUT2D eigenvalue weighted by Crippen LogP contribution is 2.29. The normalized spacial score (nSPS) is 15.0. The quantitative estimate of drug-likeness (QED) is 0.790. The van der Waals surface area contributed by atoms with Gasteiger partial charge in [0.2, 0.25) is 0 Å². The number of aryl methyl sites for hydroxylation is 2. The largest absolute Gasteiger partial charge is 0.319 e. The molecule has 1 rings (SSSR count). The molecule has 0 aromatic carbocycles. The second-order valence-electron chi connectivity index (χ2n) is 4.95. The van der Waals surface area contributed by atoms with E-state index in [-0.39, 0.29) is 0 Å². The van der Waals surface area contributed by atoms with Gasteiger partial charge in [0.05, 0.1) is 11.2 Å². The van der Waals surface area contributed by atoms with E-state index in [4.69, 9.17) is 0 Å². The highest BCUT2D eigenvalue weighted by Gasteiger charge is 2.22. The number of nitrogens with one attached hydrogen (secondary N) is 1. The van der Waals surface area contributed by atoms with Crippen molar-refractivity contribution in [2.75, 3.05) is 13.6 Å². The minimum atomic E-state index is 0.430. The summed E-state index contributed by atoms with van der Waals surface area (Å²) in [5.41, 5.74) is 3.60. The summed E-state index contributed by atoms with van der Waals surface area (Å²) < 4.78 is 0. The number of thiazole rings is 1. The molecule has 0 aliphatic carbocycles. The van der Waals surface area contributed by atoms with Gasteiger partial charge in [0.1, 0.15) is 0 Å². The van der Waals surface area contributed by atoms with Gasteiger partial charge in [-0.25, -0.2) is 4.98 Å². The van der Waals surface area contributed by atoms with Crippen molar-refractivity contribution in [3.05, 3.63) is 16.1 Å². The van der Waals surface area contributed by atoms with E-state index in [2.05, 4.69) is 31.1 Å². The van der Waals surface area contributed by atoms with Crippen LogP contribution >= 0.6 is 11.3 Å². The lowest BCUT2D eigenvalue weighted by molar-refractivity contribution is 0.263. The molecule has 3 heteroatoms. The van der Waals surface area contributed by atoms with Gasteiger partial charge in [0.25, 0.3) is 0 Å². The first-order valence-corrected chi connectivity index (χ1v) is 7.03. The summed E-state index contributed by atoms with van der Waals surface area (Å²) in [6.07, 6.45) is 4.99. The van der Waals surface area contributed by atoms with Crippen molar-refractivity contribution < 1.29 is 0 Å². The van der Waals surface area contributed by atoms with E-state index >= 15 is 0 Å². The minimum absolute atomic E-state index is 0.430. The molecule has 1 N–H and O–H groups in total. The first-order valence-electron chi connectivity index (χ1n) is 6.15. The number of hydrogen-bond acceptors (Lipinski definition) is 3. The summed E-state index contributed by atoms with van der Waals surface area (Å²) in [6.45, 7) is 7.88. The second kappa shape index (κ2) is 6.36. The van der Waals surface area contributed by atoms with Crippen LogP contribution in [0.25, 0.3) is 0 Å². The molecule has 0 radical (unpaired) electrons. The van der Waals surface area contributed by atoms with E-state index < -0.39 is 0 Å². The zero-order chi connectivity index (χ0) is 12.0. The fourth-order valence-corrected chi connectivity index (χ4v) is 3.09. The third-order valence-corrected chi connectivity index (χ3v) is 4.25. The van der Waals surface area contributed by atoms with Crippen LogP contribution in [0.4, 0.5) is 0 Å². The maximum absolute atomic E-state index is 4.31. The molecule has 1 heterocycles. The van der Waals surface area contributed by atoms with Crippen LogP contribution in [0.2, 0.25) is 0 Å². The van der Waals surface area contributed by atoms with Crippen molar-refractivity contribution in [2.24, 2.45) is 5.41 Å². The van der Waals surface area contributed by atoms with Crippen molar-refractivity contribution in [3.8, 4) is 0 Å². The molecule has 0 spiro atoms. The first-order chi connectivity index (χ1) is 7.61. The Kier molecular flexibility index (Phi) is 5.42. The highest BCUT2D eigenvalue weighted by molar-refractivity contribution is 7.09. The first kappa shape index (κ1) is 13.7. The summed E-state index contributed by atoms with van der Waals surface area (Å²) in [7, 11) is 2.05. The average Bonchev–Trinajstić information content (AvgIpc) is 2.62. The maximum atomic E-state index is 4.31. The molecule has 0 amide bonds. The van der Waals surface area contributed by atoms with Crippen LogP contribution in [0.1, 0.15) is 43.7 Å². The molecule has 1 atom stereocenters. The van der Waals surface area contributed by atoms with Crippen LogP contribution < -0.4 is 5.32 Å². The predicted octanol–water partition coefficient (Wildman–Crippen LogP) is 3.41. The maximum Gasteiger partial charge on any atom is 0.0797 e. The van der Waals surface area contributed by atoms with E-state index in [1.54, 1.807) is 11.3 Å². The monoisotopic (exact) mass is 240 g/mol. The van der Waals surface area contributed by atoms with E-state index in [1.165, 1.54) is 36.3 Å². The molecule has 0 aliphatic heterocycles. The molecule has 0 saturated heterocycles. The van der Waals surface area contributed by atoms with Crippen LogP contribution in [0, 0.1) is 12.3 Å². The van der Waals surface area contributed by atoms with Crippen molar-refractivity contribution in [1.82, 2.24) is 10.3 Å². The van der Waals surface area contributed by atoms with Crippen LogP contribution in [0.3, 0.4) is 0 Å². The SMILES string of the molecule is CCCC(C)(CCc1scnc1C)CNC. The zero-order valence-corrected chi connectivity index (χ0v) is 11.8. The molecular formula is C13H24N2S. The van der Waals surface area contributed by atoms with Crippen LogP contribution in [-0.2, 0) is 6.42 Å². The third kappa shape index (κ3) is 3.87. The highest BCUT2D eigenvalue weighted by atomic mass is 32.1. The molecule has 0 saturated carbocycles. The molecule has 16 heavy (non-hydrogen) atoms. The van der Waals surface area contributed by atoms with E-state index in [1.807, 2.05) is 12.6 Å². The second-order valence-corrected chi connectivity index (χ2v) is 5.89. The molecule has 2 nitrogen and oxygen atoms in total. The standard InChI is InChI=1S/C13H24N2S/c1-5-7-13(3,9-14-4)8-6-12-11(2)15-10-16-12/h10,14H,5-9H2,1-4H3. The van der Waals surface area contributed by atoms with Gasteiger partial charge in [0.15, 0.2) is 0 Å². The predicted molar refractivity (Wildman–Crippen MR) is 72.1 cm³/mol. The number of hydrogen-bond donors (Lipinski definition) is 1. The fourth-order valence-electron chi connectivity index (χ4n) is 2.31. The van der Waals surface area contributed by atoms with E-state index in [0.29, 0.717) is 5.41 Å². The lowest BCUT2D eigenvalue weighted by Gasteiger charge is -2.29. The van der Waals surface area contributed by atoms with Gasteiger partial charge in [-0.15, -0.1) is 11.3 Å². The van der Waals surface area contributed by atoms with E-state index in [9.17, 15) is 0 Å². The van der Waals surface area contributed by atoms with Gasteiger partial charge < -0.3 is 5.32 Å². The molecule has 1 aromatic heterocycles. The Balaban J connectivity index is 2.53. The molecule has 0 fully saturated rings. The summed E-state index contributed by atoms with van der Waals surface area (Å²) in [5.74, 6) is 0. The van der Waals surface area contributed by atoms with E-state index in [0.717, 1.165) is 6.54 Å². The Labute approximate surface area is 103 Å². The number of aromatic nitrogens is 1. The van der Waals surface area contributed by atoms with Crippen molar-refractivity contribution in [3.63, 3.8) is 0 Å². The Bertz CT molecular complexity index is 301. The van der Waals surface area contributed by atoms with Crippen molar-refractivity contribution in [2.45, 2.75) is 46.5 Å². The van der Waals surface area contributed by atoms with Crippen molar-refractivity contribution >= 4 is 11.3 Å². The van der Waals surface area contributed by atoms with Crippen LogP contribution in [0.15, 0.2) is 5.51 Å².